The molecule has 1 aliphatic rings. The second kappa shape index (κ2) is 6.50. The molecule has 2 aromatic heterocycles. The van der Waals surface area contributed by atoms with E-state index in [1.165, 1.54) is 6.07 Å². The van der Waals surface area contributed by atoms with E-state index in [0.717, 1.165) is 0 Å². The van der Waals surface area contributed by atoms with Crippen molar-refractivity contribution in [3.8, 4) is 11.3 Å². The lowest BCUT2D eigenvalue weighted by atomic mass is 10.1. The molecule has 0 fully saturated rings. The molecule has 0 aromatic carbocycles. The number of halogens is 4. The van der Waals surface area contributed by atoms with E-state index in [1.54, 1.807) is 4.68 Å². The topological polar surface area (TPSA) is 65.8 Å². The van der Waals surface area contributed by atoms with E-state index in [2.05, 4.69) is 14.8 Å². The van der Waals surface area contributed by atoms with Gasteiger partial charge in [0.25, 0.3) is 0 Å². The van der Waals surface area contributed by atoms with Gasteiger partial charge in [0, 0.05) is 23.5 Å². The molecule has 0 spiro atoms. The second-order valence-electron chi connectivity index (χ2n) is 7.06. The van der Waals surface area contributed by atoms with Crippen LogP contribution in [0.15, 0.2) is 18.3 Å². The van der Waals surface area contributed by atoms with Crippen molar-refractivity contribution >= 4 is 11.4 Å². The van der Waals surface area contributed by atoms with Crippen LogP contribution in [0.25, 0.3) is 11.3 Å². The van der Waals surface area contributed by atoms with Crippen LogP contribution in [-0.4, -0.2) is 24.1 Å². The molecule has 26 heavy (non-hydrogen) atoms. The van der Waals surface area contributed by atoms with Crippen molar-refractivity contribution in [2.24, 2.45) is 0 Å². The van der Waals surface area contributed by atoms with E-state index < -0.39 is 33.8 Å². The van der Waals surface area contributed by atoms with Crippen molar-refractivity contribution in [3.63, 3.8) is 0 Å². The molecule has 1 aliphatic heterocycles. The molecule has 10 heteroatoms. The third-order valence-corrected chi connectivity index (χ3v) is 5.64. The fraction of sp³-hybridized carbons (Fsp3) is 0.500. The molecular formula is C16H18F4N4OS. The molecular weight excluding hydrogens is 372 g/mol. The first kappa shape index (κ1) is 19.1. The van der Waals surface area contributed by atoms with E-state index in [4.69, 9.17) is 0 Å². The highest BCUT2D eigenvalue weighted by atomic mass is 32.2. The summed E-state index contributed by atoms with van der Waals surface area (Å²) in [4.78, 5) is 3.09. The van der Waals surface area contributed by atoms with Crippen LogP contribution in [0.5, 0.6) is 0 Å². The van der Waals surface area contributed by atoms with Gasteiger partial charge < -0.3 is 4.55 Å². The van der Waals surface area contributed by atoms with Crippen molar-refractivity contribution in [3.05, 3.63) is 35.5 Å². The molecule has 0 saturated carbocycles. The Kier molecular flexibility index (Phi) is 4.78. The number of aryl methyl sites for hydroxylation is 1. The maximum Gasteiger partial charge on any atom is 0.433 e. The van der Waals surface area contributed by atoms with Crippen LogP contribution in [0.1, 0.15) is 44.6 Å². The first-order chi connectivity index (χ1) is 12.0. The van der Waals surface area contributed by atoms with Crippen LogP contribution >= 0.6 is 0 Å². The van der Waals surface area contributed by atoms with Crippen molar-refractivity contribution in [1.29, 1.82) is 0 Å². The Morgan fingerprint density at radius 1 is 1.27 bits per heavy atom. The molecule has 2 atom stereocenters. The van der Waals surface area contributed by atoms with E-state index in [1.807, 2.05) is 20.8 Å². The Morgan fingerprint density at radius 2 is 1.96 bits per heavy atom. The summed E-state index contributed by atoms with van der Waals surface area (Å²) in [6.45, 7) is 6.00. The van der Waals surface area contributed by atoms with E-state index in [-0.39, 0.29) is 17.3 Å². The Bertz CT molecular complexity index is 816. The van der Waals surface area contributed by atoms with Crippen molar-refractivity contribution in [2.75, 3.05) is 0 Å². The third kappa shape index (κ3) is 3.72. The lowest BCUT2D eigenvalue weighted by molar-refractivity contribution is -0.141. The summed E-state index contributed by atoms with van der Waals surface area (Å²) in [5.41, 5.74) is -0.670. The molecule has 5 nitrogen and oxygen atoms in total. The van der Waals surface area contributed by atoms with E-state index in [9.17, 15) is 22.1 Å². The van der Waals surface area contributed by atoms with Crippen LogP contribution in [0.2, 0.25) is 0 Å². The fourth-order valence-corrected chi connectivity index (χ4v) is 3.49. The Morgan fingerprint density at radius 3 is 2.58 bits per heavy atom. The number of pyridine rings is 1. The number of hydrogen-bond donors (Lipinski definition) is 1. The minimum Gasteiger partial charge on any atom is -0.598 e. The Balaban J connectivity index is 1.91. The molecule has 0 radical (unpaired) electrons. The van der Waals surface area contributed by atoms with Gasteiger partial charge in [-0.2, -0.15) is 18.3 Å². The summed E-state index contributed by atoms with van der Waals surface area (Å²) in [6.07, 6.45) is -3.47. The maximum absolute atomic E-state index is 14.0. The van der Waals surface area contributed by atoms with Crippen LogP contribution in [0.4, 0.5) is 17.6 Å². The van der Waals surface area contributed by atoms with E-state index in [0.29, 0.717) is 30.9 Å². The Labute approximate surface area is 151 Å². The summed E-state index contributed by atoms with van der Waals surface area (Å²) in [5, 5.41) is 4.21. The highest BCUT2D eigenvalue weighted by molar-refractivity contribution is 7.90. The molecule has 0 saturated heterocycles. The molecule has 2 aromatic rings. The van der Waals surface area contributed by atoms with Gasteiger partial charge in [0.2, 0.25) is 0 Å². The van der Waals surface area contributed by atoms with Gasteiger partial charge in [-0.05, 0) is 39.3 Å². The molecule has 3 rings (SSSR count). The summed E-state index contributed by atoms with van der Waals surface area (Å²) in [6, 6.07) is 1.93. The maximum atomic E-state index is 14.0. The number of nitrogens with one attached hydrogen (secondary N) is 1. The number of alkyl halides is 3. The highest BCUT2D eigenvalue weighted by Crippen LogP contribution is 2.35. The van der Waals surface area contributed by atoms with Gasteiger partial charge in [-0.15, -0.1) is 4.72 Å². The van der Waals surface area contributed by atoms with Crippen molar-refractivity contribution < 1.29 is 22.1 Å². The molecule has 3 heterocycles. The largest absolute Gasteiger partial charge is 0.598 e. The Hall–Kier alpha value is -1.65. The zero-order valence-corrected chi connectivity index (χ0v) is 15.2. The van der Waals surface area contributed by atoms with E-state index >= 15 is 0 Å². The SMILES string of the molecule is CC(C)(C)[S@@+]([O-])N[C@H]1CCn2nc(-c3cc(C(F)(F)F)ncc3F)cc21. The smallest absolute Gasteiger partial charge is 0.433 e. The first-order valence-electron chi connectivity index (χ1n) is 7.96. The fourth-order valence-electron chi connectivity index (χ4n) is 2.64. The minimum absolute atomic E-state index is 0.0958. The van der Waals surface area contributed by atoms with Crippen LogP contribution in [0, 0.1) is 5.82 Å². The number of fused-ring (bicyclic) bond motifs is 1. The van der Waals surface area contributed by atoms with Gasteiger partial charge in [0.1, 0.15) is 10.4 Å². The summed E-state index contributed by atoms with van der Waals surface area (Å²) >= 11 is -1.31. The zero-order valence-electron chi connectivity index (χ0n) is 14.4. The second-order valence-corrected chi connectivity index (χ2v) is 9.06. The molecule has 0 aliphatic carbocycles. The van der Waals surface area contributed by atoms with Crippen LogP contribution in [-0.2, 0) is 24.1 Å². The lowest BCUT2D eigenvalue weighted by Crippen LogP contribution is -2.40. The van der Waals surface area contributed by atoms with Gasteiger partial charge in [-0.3, -0.25) is 4.68 Å². The highest BCUT2D eigenvalue weighted by Gasteiger charge is 2.36. The monoisotopic (exact) mass is 390 g/mol. The predicted octanol–water partition coefficient (Wildman–Crippen LogP) is 3.60. The molecule has 0 amide bonds. The molecule has 1 N–H and O–H groups in total. The van der Waals surface area contributed by atoms with Gasteiger partial charge >= 0.3 is 6.18 Å². The van der Waals surface area contributed by atoms with Crippen molar-refractivity contribution in [1.82, 2.24) is 19.5 Å². The average molecular weight is 390 g/mol. The normalized spacial score (nSPS) is 18.8. The van der Waals surface area contributed by atoms with Gasteiger partial charge in [0.15, 0.2) is 5.82 Å². The number of nitrogens with zero attached hydrogens (tertiary/aromatic N) is 3. The quantitative estimate of drug-likeness (QED) is 0.642. The van der Waals surface area contributed by atoms with Gasteiger partial charge in [-0.25, -0.2) is 9.37 Å². The summed E-state index contributed by atoms with van der Waals surface area (Å²) in [5.74, 6) is -0.877. The van der Waals surface area contributed by atoms with Crippen molar-refractivity contribution in [2.45, 2.75) is 50.7 Å². The summed E-state index contributed by atoms with van der Waals surface area (Å²) in [7, 11) is 0. The lowest BCUT2D eigenvalue weighted by Gasteiger charge is -2.26. The molecule has 142 valence electrons. The minimum atomic E-state index is -4.67. The third-order valence-electron chi connectivity index (χ3n) is 4.02. The van der Waals surface area contributed by atoms with Gasteiger partial charge in [0.05, 0.1) is 23.6 Å². The van der Waals surface area contributed by atoms with Crippen LogP contribution < -0.4 is 4.72 Å². The standard InChI is InChI=1S/C16H18F4N4OS/c1-15(2,3)26(25)23-11-4-5-24-13(11)7-12(22-24)9-6-14(16(18,19)20)21-8-10(9)17/h6-8,11,23H,4-5H2,1-3H3/t11-,26+/m0/s1. The average Bonchev–Trinajstić information content (AvgIpc) is 3.07. The zero-order chi connectivity index (χ0) is 19.3. The first-order valence-corrected chi connectivity index (χ1v) is 9.10. The predicted molar refractivity (Wildman–Crippen MR) is 88.8 cm³/mol. The molecule has 0 unspecified atom stereocenters. The number of rotatable bonds is 3. The summed E-state index contributed by atoms with van der Waals surface area (Å²) < 4.78 is 69.0. The van der Waals surface area contributed by atoms with Crippen LogP contribution in [0.3, 0.4) is 0 Å². The number of aromatic nitrogens is 3. The van der Waals surface area contributed by atoms with Gasteiger partial charge in [-0.1, -0.05) is 0 Å². The molecule has 0 bridgehead atoms. The number of hydrogen-bond acceptors (Lipinski definition) is 4.